The fraction of sp³-hybridized carbons (Fsp3) is 0.381. The molecule has 2 aromatic carbocycles. The van der Waals surface area contributed by atoms with Gasteiger partial charge in [-0.2, -0.15) is 0 Å². The Hall–Kier alpha value is -2.53. The van der Waals surface area contributed by atoms with E-state index in [1.54, 1.807) is 12.1 Å². The van der Waals surface area contributed by atoms with Crippen LogP contribution >= 0.6 is 0 Å². The Balaban J connectivity index is 1.70. The molecule has 0 saturated heterocycles. The fourth-order valence-corrected chi connectivity index (χ4v) is 3.12. The Labute approximate surface area is 153 Å². The standard InChI is InChI=1S/C21H24O5/c1-24-21(23)16-8-5-15(6-9-16)7-10-18-13-20-19(25-14-26-20)12-17(18)4-2-3-11-22/h5-6,8-9,12-13,22H,2-4,7,10-11,14H2,1H3. The van der Waals surface area contributed by atoms with Gasteiger partial charge in [-0.3, -0.25) is 0 Å². The van der Waals surface area contributed by atoms with Crippen molar-refractivity contribution in [2.24, 2.45) is 0 Å². The number of unbranched alkanes of at least 4 members (excludes halogenated alkanes) is 1. The number of fused-ring (bicyclic) bond motifs is 1. The van der Waals surface area contributed by atoms with Crippen molar-refractivity contribution in [3.05, 3.63) is 58.7 Å². The summed E-state index contributed by atoms with van der Waals surface area (Å²) < 4.78 is 15.7. The van der Waals surface area contributed by atoms with Gasteiger partial charge in [0.25, 0.3) is 0 Å². The van der Waals surface area contributed by atoms with Crippen LogP contribution in [0.5, 0.6) is 11.5 Å². The number of carbonyl (C=O) groups is 1. The Morgan fingerprint density at radius 2 is 1.65 bits per heavy atom. The predicted octanol–water partition coefficient (Wildman–Crippen LogP) is 3.30. The van der Waals surface area contributed by atoms with E-state index in [9.17, 15) is 4.79 Å². The van der Waals surface area contributed by atoms with Crippen molar-refractivity contribution in [1.82, 2.24) is 0 Å². The largest absolute Gasteiger partial charge is 0.465 e. The van der Waals surface area contributed by atoms with Crippen molar-refractivity contribution < 1.29 is 24.1 Å². The maximum Gasteiger partial charge on any atom is 0.337 e. The number of aliphatic hydroxyl groups is 1. The molecule has 0 aliphatic carbocycles. The number of hydrogen-bond donors (Lipinski definition) is 1. The van der Waals surface area contributed by atoms with Gasteiger partial charge in [0, 0.05) is 6.61 Å². The molecule has 0 spiro atoms. The Bertz CT molecular complexity index is 752. The quantitative estimate of drug-likeness (QED) is 0.581. The lowest BCUT2D eigenvalue weighted by Gasteiger charge is -2.11. The predicted molar refractivity (Wildman–Crippen MR) is 97.8 cm³/mol. The van der Waals surface area contributed by atoms with Crippen LogP contribution in [0.2, 0.25) is 0 Å². The minimum atomic E-state index is -0.321. The van der Waals surface area contributed by atoms with Gasteiger partial charge in [0.05, 0.1) is 12.7 Å². The van der Waals surface area contributed by atoms with Crippen LogP contribution < -0.4 is 9.47 Å². The van der Waals surface area contributed by atoms with E-state index in [0.29, 0.717) is 5.56 Å². The Morgan fingerprint density at radius 3 is 2.27 bits per heavy atom. The lowest BCUT2D eigenvalue weighted by atomic mass is 9.95. The molecule has 0 radical (unpaired) electrons. The molecule has 5 nitrogen and oxygen atoms in total. The highest BCUT2D eigenvalue weighted by molar-refractivity contribution is 5.89. The van der Waals surface area contributed by atoms with Crippen LogP contribution in [0.4, 0.5) is 0 Å². The van der Waals surface area contributed by atoms with Crippen LogP contribution in [-0.2, 0) is 24.0 Å². The first-order chi connectivity index (χ1) is 12.7. The third-order valence-corrected chi connectivity index (χ3v) is 4.61. The second kappa shape index (κ2) is 8.72. The van der Waals surface area contributed by atoms with E-state index in [-0.39, 0.29) is 19.4 Å². The summed E-state index contributed by atoms with van der Waals surface area (Å²) >= 11 is 0. The van der Waals surface area contributed by atoms with Crippen molar-refractivity contribution in [2.45, 2.75) is 32.1 Å². The van der Waals surface area contributed by atoms with Gasteiger partial charge in [-0.15, -0.1) is 0 Å². The molecule has 1 aliphatic heterocycles. The number of benzene rings is 2. The molecular weight excluding hydrogens is 332 g/mol. The van der Waals surface area contributed by atoms with Crippen LogP contribution in [0.25, 0.3) is 0 Å². The summed E-state index contributed by atoms with van der Waals surface area (Å²) in [6, 6.07) is 11.6. The summed E-state index contributed by atoms with van der Waals surface area (Å²) in [6.45, 7) is 0.482. The maximum absolute atomic E-state index is 11.5. The molecule has 1 aliphatic rings. The summed E-state index contributed by atoms with van der Waals surface area (Å²) in [5.41, 5.74) is 4.21. The van der Waals surface area contributed by atoms with Crippen LogP contribution in [0, 0.1) is 0 Å². The van der Waals surface area contributed by atoms with Crippen molar-refractivity contribution >= 4 is 5.97 Å². The summed E-state index contributed by atoms with van der Waals surface area (Å²) in [4.78, 5) is 11.5. The first-order valence-corrected chi connectivity index (χ1v) is 8.91. The molecule has 2 aromatic rings. The number of ether oxygens (including phenoxy) is 3. The molecule has 0 atom stereocenters. The molecule has 1 N–H and O–H groups in total. The fourth-order valence-electron chi connectivity index (χ4n) is 3.12. The number of methoxy groups -OCH3 is 1. The van der Waals surface area contributed by atoms with Crippen LogP contribution in [-0.4, -0.2) is 31.6 Å². The van der Waals surface area contributed by atoms with Crippen molar-refractivity contribution in [3.8, 4) is 11.5 Å². The number of aliphatic hydroxyl groups excluding tert-OH is 1. The van der Waals surface area contributed by atoms with E-state index in [4.69, 9.17) is 19.3 Å². The lowest BCUT2D eigenvalue weighted by Crippen LogP contribution is -2.02. The highest BCUT2D eigenvalue weighted by Crippen LogP contribution is 2.35. The van der Waals surface area contributed by atoms with Gasteiger partial charge in [-0.25, -0.2) is 4.79 Å². The third kappa shape index (κ3) is 4.35. The highest BCUT2D eigenvalue weighted by atomic mass is 16.7. The maximum atomic E-state index is 11.5. The lowest BCUT2D eigenvalue weighted by molar-refractivity contribution is 0.0600. The van der Waals surface area contributed by atoms with Gasteiger partial charge in [0.15, 0.2) is 11.5 Å². The van der Waals surface area contributed by atoms with Crippen LogP contribution in [0.3, 0.4) is 0 Å². The van der Waals surface area contributed by atoms with Gasteiger partial charge in [0.2, 0.25) is 6.79 Å². The van der Waals surface area contributed by atoms with Crippen LogP contribution in [0.15, 0.2) is 36.4 Å². The average Bonchev–Trinajstić information content (AvgIpc) is 3.13. The number of carbonyl (C=O) groups excluding carboxylic acids is 1. The first kappa shape index (κ1) is 18.3. The normalized spacial score (nSPS) is 12.2. The summed E-state index contributed by atoms with van der Waals surface area (Å²) in [7, 11) is 1.38. The van der Waals surface area contributed by atoms with Crippen molar-refractivity contribution in [3.63, 3.8) is 0 Å². The second-order valence-electron chi connectivity index (χ2n) is 6.34. The van der Waals surface area contributed by atoms with E-state index < -0.39 is 0 Å². The second-order valence-corrected chi connectivity index (χ2v) is 6.34. The zero-order valence-corrected chi connectivity index (χ0v) is 15.0. The SMILES string of the molecule is COC(=O)c1ccc(CCc2cc3c(cc2CCCCO)OCO3)cc1. The molecule has 3 rings (SSSR count). The Morgan fingerprint density at radius 1 is 1.00 bits per heavy atom. The van der Waals surface area contributed by atoms with Gasteiger partial charge in [-0.1, -0.05) is 12.1 Å². The minimum absolute atomic E-state index is 0.215. The molecule has 0 aromatic heterocycles. The zero-order chi connectivity index (χ0) is 18.4. The van der Waals surface area contributed by atoms with E-state index >= 15 is 0 Å². The van der Waals surface area contributed by atoms with Gasteiger partial charge >= 0.3 is 5.97 Å². The van der Waals surface area contributed by atoms with Crippen LogP contribution in [0.1, 0.15) is 39.9 Å². The molecular formula is C21H24O5. The first-order valence-electron chi connectivity index (χ1n) is 8.91. The van der Waals surface area contributed by atoms with E-state index in [1.807, 2.05) is 12.1 Å². The zero-order valence-electron chi connectivity index (χ0n) is 15.0. The van der Waals surface area contributed by atoms with Gasteiger partial charge in [0.1, 0.15) is 0 Å². The molecule has 5 heteroatoms. The molecule has 0 fully saturated rings. The minimum Gasteiger partial charge on any atom is -0.465 e. The van der Waals surface area contributed by atoms with E-state index in [1.165, 1.54) is 18.2 Å². The average molecular weight is 356 g/mol. The summed E-state index contributed by atoms with van der Waals surface area (Å²) in [6.07, 6.45) is 4.39. The smallest absolute Gasteiger partial charge is 0.337 e. The summed E-state index contributed by atoms with van der Waals surface area (Å²) in [5.74, 6) is 1.28. The van der Waals surface area contributed by atoms with E-state index in [0.717, 1.165) is 49.2 Å². The molecule has 138 valence electrons. The highest BCUT2D eigenvalue weighted by Gasteiger charge is 2.17. The van der Waals surface area contributed by atoms with Crippen molar-refractivity contribution in [1.29, 1.82) is 0 Å². The van der Waals surface area contributed by atoms with Gasteiger partial charge in [-0.05, 0) is 73.1 Å². The van der Waals surface area contributed by atoms with Crippen molar-refractivity contribution in [2.75, 3.05) is 20.5 Å². The Kier molecular flexibility index (Phi) is 6.12. The third-order valence-electron chi connectivity index (χ3n) is 4.61. The molecule has 0 bridgehead atoms. The number of aryl methyl sites for hydroxylation is 3. The summed E-state index contributed by atoms with van der Waals surface area (Å²) in [5, 5.41) is 9.02. The molecule has 0 amide bonds. The molecule has 26 heavy (non-hydrogen) atoms. The van der Waals surface area contributed by atoms with Gasteiger partial charge < -0.3 is 19.3 Å². The monoisotopic (exact) mass is 356 g/mol. The molecule has 0 unspecified atom stereocenters. The molecule has 0 saturated carbocycles. The number of esters is 1. The topological polar surface area (TPSA) is 65.0 Å². The molecule has 1 heterocycles. The van der Waals surface area contributed by atoms with E-state index in [2.05, 4.69) is 12.1 Å². The number of hydrogen-bond acceptors (Lipinski definition) is 5. The number of rotatable bonds is 8.